The number of nitrogens with one attached hydrogen (secondary N) is 2. The molecule has 242 valence electrons. The Morgan fingerprint density at radius 2 is 1.06 bits per heavy atom. The summed E-state index contributed by atoms with van der Waals surface area (Å²) in [6, 6.07) is 36.1. The van der Waals surface area contributed by atoms with Crippen LogP contribution in [0.1, 0.15) is 42.4 Å². The second kappa shape index (κ2) is 16.5. The number of carbonyl (C=O) groups excluding carboxylic acids is 3. The zero-order chi connectivity index (χ0) is 33.0. The number of primary amides is 1. The van der Waals surface area contributed by atoms with Gasteiger partial charge in [-0.05, 0) is 64.0 Å². The normalized spacial score (nSPS) is 13.1. The van der Waals surface area contributed by atoms with Gasteiger partial charge in [-0.3, -0.25) is 14.4 Å². The van der Waals surface area contributed by atoms with Gasteiger partial charge in [0, 0.05) is 18.8 Å². The van der Waals surface area contributed by atoms with Gasteiger partial charge in [0.15, 0.2) is 0 Å². The van der Waals surface area contributed by atoms with Crippen LogP contribution >= 0.6 is 0 Å². The van der Waals surface area contributed by atoms with Crippen LogP contribution < -0.4 is 22.1 Å². The molecule has 0 aliphatic heterocycles. The number of carbonyl (C=O) groups is 3. The number of unbranched alkanes of at least 4 members (excludes halogenated alkanes) is 2. The third kappa shape index (κ3) is 9.50. The number of rotatable bonds is 16. The fraction of sp³-hybridized carbons (Fsp3) is 0.275. The number of fused-ring (bicyclic) bond motifs is 2. The lowest BCUT2D eigenvalue weighted by Crippen LogP contribution is -2.55. The molecule has 0 aromatic heterocycles. The monoisotopic (exact) mass is 628 g/mol. The molecule has 3 amide bonds. The molecule has 3 unspecified atom stereocenters. The summed E-state index contributed by atoms with van der Waals surface area (Å²) < 4.78 is 0. The Morgan fingerprint density at radius 1 is 0.532 bits per heavy atom. The number of nitrogens with two attached hydrogens (primary N) is 2. The van der Waals surface area contributed by atoms with Gasteiger partial charge in [0.1, 0.15) is 12.1 Å². The quantitative estimate of drug-likeness (QED) is 0.106. The van der Waals surface area contributed by atoms with Crippen molar-refractivity contribution in [2.45, 2.75) is 57.0 Å². The van der Waals surface area contributed by atoms with E-state index in [-0.39, 0.29) is 24.7 Å². The molecule has 0 aliphatic rings. The maximum absolute atomic E-state index is 14.1. The molecule has 0 aliphatic carbocycles. The van der Waals surface area contributed by atoms with Gasteiger partial charge in [-0.1, -0.05) is 128 Å². The molecule has 7 nitrogen and oxygen atoms in total. The molecule has 5 aromatic rings. The van der Waals surface area contributed by atoms with E-state index >= 15 is 0 Å². The van der Waals surface area contributed by atoms with Gasteiger partial charge < -0.3 is 22.1 Å². The highest BCUT2D eigenvalue weighted by atomic mass is 16.2. The molecule has 3 atom stereocenters. The number of amides is 3. The van der Waals surface area contributed by atoms with E-state index in [0.717, 1.165) is 57.5 Å². The SMILES string of the molecule is NCCCCCC(Cc1ccc2ccccc2c1)C(=O)NC(Cc1ccc2ccccc2c1)C(=O)NC(Cc1ccccc1)C(N)=O. The third-order valence-corrected chi connectivity index (χ3v) is 8.75. The summed E-state index contributed by atoms with van der Waals surface area (Å²) in [7, 11) is 0. The first-order valence-electron chi connectivity index (χ1n) is 16.5. The van der Waals surface area contributed by atoms with Crippen LogP contribution in [-0.2, 0) is 33.6 Å². The highest BCUT2D eigenvalue weighted by molar-refractivity contribution is 5.93. The first kappa shape index (κ1) is 33.4. The zero-order valence-corrected chi connectivity index (χ0v) is 26.7. The van der Waals surface area contributed by atoms with Crippen LogP contribution in [0, 0.1) is 5.92 Å². The predicted octanol–water partition coefficient (Wildman–Crippen LogP) is 5.61. The standard InChI is InChI=1S/C40H44N4O3/c41-22-10-2-5-17-35(25-29-18-20-31-13-6-8-15-33(31)23-29)39(46)44-37(27-30-19-21-32-14-7-9-16-34(32)24-30)40(47)43-36(38(42)45)26-28-11-3-1-4-12-28/h1,3-4,6-9,11-16,18-21,23-24,35-37H,2,5,10,17,22,25-27,41H2,(H2,42,45)(H,43,47)(H,44,46). The minimum Gasteiger partial charge on any atom is -0.368 e. The summed E-state index contributed by atoms with van der Waals surface area (Å²) in [5.41, 5.74) is 14.3. The van der Waals surface area contributed by atoms with Crippen molar-refractivity contribution in [2.75, 3.05) is 6.54 Å². The van der Waals surface area contributed by atoms with Crippen LogP contribution in [0.5, 0.6) is 0 Å². The fourth-order valence-electron chi connectivity index (χ4n) is 6.13. The van der Waals surface area contributed by atoms with E-state index in [0.29, 0.717) is 19.4 Å². The molecule has 47 heavy (non-hydrogen) atoms. The van der Waals surface area contributed by atoms with E-state index in [4.69, 9.17) is 11.5 Å². The first-order chi connectivity index (χ1) is 22.9. The van der Waals surface area contributed by atoms with Crippen LogP contribution in [0.25, 0.3) is 21.5 Å². The van der Waals surface area contributed by atoms with Gasteiger partial charge in [0.05, 0.1) is 0 Å². The lowest BCUT2D eigenvalue weighted by atomic mass is 9.91. The number of benzene rings is 5. The van der Waals surface area contributed by atoms with Gasteiger partial charge in [0.2, 0.25) is 17.7 Å². The molecule has 0 fully saturated rings. The average molecular weight is 629 g/mol. The summed E-state index contributed by atoms with van der Waals surface area (Å²) in [5, 5.41) is 10.3. The fourth-order valence-corrected chi connectivity index (χ4v) is 6.13. The maximum Gasteiger partial charge on any atom is 0.243 e. The van der Waals surface area contributed by atoms with Gasteiger partial charge in [-0.15, -0.1) is 0 Å². The Labute approximate surface area is 276 Å². The molecule has 5 rings (SSSR count). The van der Waals surface area contributed by atoms with Gasteiger partial charge >= 0.3 is 0 Å². The summed E-state index contributed by atoms with van der Waals surface area (Å²) >= 11 is 0. The minimum absolute atomic E-state index is 0.189. The molecule has 0 bridgehead atoms. The van der Waals surface area contributed by atoms with Crippen molar-refractivity contribution in [3.63, 3.8) is 0 Å². The first-order valence-corrected chi connectivity index (χ1v) is 16.5. The third-order valence-electron chi connectivity index (χ3n) is 8.75. The Hall–Kier alpha value is -5.01. The van der Waals surface area contributed by atoms with Crippen LogP contribution in [0.3, 0.4) is 0 Å². The lowest BCUT2D eigenvalue weighted by Gasteiger charge is -2.25. The topological polar surface area (TPSA) is 127 Å². The van der Waals surface area contributed by atoms with E-state index in [1.165, 1.54) is 0 Å². The lowest BCUT2D eigenvalue weighted by molar-refractivity contribution is -0.132. The Morgan fingerprint density at radius 3 is 1.66 bits per heavy atom. The molecule has 6 N–H and O–H groups in total. The predicted molar refractivity (Wildman–Crippen MR) is 190 cm³/mol. The molecular weight excluding hydrogens is 584 g/mol. The van der Waals surface area contributed by atoms with E-state index in [1.807, 2.05) is 84.9 Å². The molecule has 5 aromatic carbocycles. The maximum atomic E-state index is 14.1. The average Bonchev–Trinajstić information content (AvgIpc) is 3.09. The summed E-state index contributed by atoms with van der Waals surface area (Å²) in [4.78, 5) is 40.5. The molecule has 7 heteroatoms. The van der Waals surface area contributed by atoms with Crippen molar-refractivity contribution >= 4 is 39.3 Å². The van der Waals surface area contributed by atoms with Gasteiger partial charge in [0.25, 0.3) is 0 Å². The summed E-state index contributed by atoms with van der Waals surface area (Å²) in [6.45, 7) is 0.611. The highest BCUT2D eigenvalue weighted by Gasteiger charge is 2.29. The van der Waals surface area contributed by atoms with E-state index in [9.17, 15) is 14.4 Å². The molecule has 0 heterocycles. The van der Waals surface area contributed by atoms with Crippen molar-refractivity contribution in [1.82, 2.24) is 10.6 Å². The highest BCUT2D eigenvalue weighted by Crippen LogP contribution is 2.22. The Bertz CT molecular complexity index is 1810. The smallest absolute Gasteiger partial charge is 0.243 e. The van der Waals surface area contributed by atoms with E-state index in [2.05, 4.69) is 41.0 Å². The second-order valence-electron chi connectivity index (χ2n) is 12.3. The van der Waals surface area contributed by atoms with Gasteiger partial charge in [-0.25, -0.2) is 0 Å². The molecular formula is C40H44N4O3. The number of hydrogen-bond donors (Lipinski definition) is 4. The van der Waals surface area contributed by atoms with Crippen molar-refractivity contribution in [1.29, 1.82) is 0 Å². The molecule has 0 saturated heterocycles. The van der Waals surface area contributed by atoms with Crippen molar-refractivity contribution in [3.05, 3.63) is 132 Å². The molecule has 0 saturated carbocycles. The second-order valence-corrected chi connectivity index (χ2v) is 12.3. The van der Waals surface area contributed by atoms with E-state index in [1.54, 1.807) is 0 Å². The summed E-state index contributed by atoms with van der Waals surface area (Å²) in [6.07, 6.45) is 4.40. The van der Waals surface area contributed by atoms with Crippen LogP contribution in [0.4, 0.5) is 0 Å². The van der Waals surface area contributed by atoms with Crippen LogP contribution in [0.15, 0.2) is 115 Å². The number of hydrogen-bond acceptors (Lipinski definition) is 4. The largest absolute Gasteiger partial charge is 0.368 e. The zero-order valence-electron chi connectivity index (χ0n) is 26.7. The van der Waals surface area contributed by atoms with Crippen molar-refractivity contribution in [3.8, 4) is 0 Å². The Balaban J connectivity index is 1.39. The molecule has 0 spiro atoms. The van der Waals surface area contributed by atoms with Gasteiger partial charge in [-0.2, -0.15) is 0 Å². The molecule has 0 radical (unpaired) electrons. The van der Waals surface area contributed by atoms with E-state index < -0.39 is 23.9 Å². The summed E-state index contributed by atoms with van der Waals surface area (Å²) in [5.74, 6) is -1.62. The van der Waals surface area contributed by atoms with Crippen molar-refractivity contribution in [2.24, 2.45) is 17.4 Å². The Kier molecular flexibility index (Phi) is 11.7. The minimum atomic E-state index is -0.925. The van der Waals surface area contributed by atoms with Crippen molar-refractivity contribution < 1.29 is 14.4 Å². The van der Waals surface area contributed by atoms with Crippen LogP contribution in [-0.4, -0.2) is 36.3 Å². The van der Waals surface area contributed by atoms with Crippen LogP contribution in [0.2, 0.25) is 0 Å².